The van der Waals surface area contributed by atoms with Gasteiger partial charge in [0.25, 0.3) is 5.91 Å². The van der Waals surface area contributed by atoms with Crippen LogP contribution in [-0.4, -0.2) is 44.2 Å². The number of hydrogen-bond acceptors (Lipinski definition) is 4. The fourth-order valence-electron chi connectivity index (χ4n) is 3.97. The predicted octanol–water partition coefficient (Wildman–Crippen LogP) is 4.83. The molecule has 1 aliphatic heterocycles. The van der Waals surface area contributed by atoms with Crippen molar-refractivity contribution in [2.75, 3.05) is 33.4 Å². The maximum atomic E-state index is 13.0. The third-order valence-electron chi connectivity index (χ3n) is 5.63. The summed E-state index contributed by atoms with van der Waals surface area (Å²) in [7, 11) is 1.68. The minimum atomic E-state index is -0.0879. The van der Waals surface area contributed by atoms with Gasteiger partial charge in [0.2, 0.25) is 0 Å². The number of amides is 1. The van der Waals surface area contributed by atoms with Gasteiger partial charge < -0.3 is 14.8 Å². The molecular formula is C25H34N2O3. The molecule has 30 heavy (non-hydrogen) atoms. The first-order valence-electron chi connectivity index (χ1n) is 11.1. The summed E-state index contributed by atoms with van der Waals surface area (Å²) in [6.07, 6.45) is 5.87. The standard InChI is InChI=1S/C25H34N2O3/c1-3-18-30-24-11-7-6-10-22(24)25(28)26-19-23(27-16-8-4-5-9-17-27)20-12-14-21(29-2)15-13-20/h6-7,10-15,23H,3-5,8-9,16-19H2,1-2H3,(H,26,28)/t23-/m1/s1. The number of hydrogen-bond donors (Lipinski definition) is 1. The molecule has 1 aliphatic rings. The number of ether oxygens (including phenoxy) is 2. The summed E-state index contributed by atoms with van der Waals surface area (Å²) in [6.45, 7) is 5.34. The smallest absolute Gasteiger partial charge is 0.255 e. The lowest BCUT2D eigenvalue weighted by Gasteiger charge is -2.31. The first-order valence-corrected chi connectivity index (χ1v) is 11.1. The summed E-state index contributed by atoms with van der Waals surface area (Å²) in [5.74, 6) is 1.40. The van der Waals surface area contributed by atoms with Gasteiger partial charge in [-0.1, -0.05) is 44.0 Å². The Morgan fingerprint density at radius 3 is 2.40 bits per heavy atom. The van der Waals surface area contributed by atoms with Crippen LogP contribution in [0.5, 0.6) is 11.5 Å². The third-order valence-corrected chi connectivity index (χ3v) is 5.63. The Labute approximate surface area is 180 Å². The Morgan fingerprint density at radius 1 is 1.03 bits per heavy atom. The van der Waals surface area contributed by atoms with Crippen molar-refractivity contribution in [1.29, 1.82) is 0 Å². The van der Waals surface area contributed by atoms with Gasteiger partial charge >= 0.3 is 0 Å². The van der Waals surface area contributed by atoms with Crippen molar-refractivity contribution in [2.45, 2.75) is 45.1 Å². The maximum absolute atomic E-state index is 13.0. The van der Waals surface area contributed by atoms with E-state index in [1.807, 2.05) is 36.4 Å². The van der Waals surface area contributed by atoms with Crippen molar-refractivity contribution < 1.29 is 14.3 Å². The zero-order chi connectivity index (χ0) is 21.2. The minimum absolute atomic E-state index is 0.0879. The van der Waals surface area contributed by atoms with Crippen LogP contribution in [0.1, 0.15) is 61.0 Å². The molecule has 1 N–H and O–H groups in total. The van der Waals surface area contributed by atoms with Crippen LogP contribution in [-0.2, 0) is 0 Å². The molecule has 3 rings (SSSR count). The lowest BCUT2D eigenvalue weighted by molar-refractivity contribution is 0.0929. The van der Waals surface area contributed by atoms with Crippen LogP contribution in [0.3, 0.4) is 0 Å². The van der Waals surface area contributed by atoms with E-state index in [1.165, 1.54) is 31.2 Å². The number of nitrogens with zero attached hydrogens (tertiary/aromatic N) is 1. The van der Waals surface area contributed by atoms with Crippen LogP contribution >= 0.6 is 0 Å². The first-order chi connectivity index (χ1) is 14.7. The fraction of sp³-hybridized carbons (Fsp3) is 0.480. The SMILES string of the molecule is CCCOc1ccccc1C(=O)NC[C@H](c1ccc(OC)cc1)N1CCCCCC1. The number of carbonyl (C=O) groups is 1. The van der Waals surface area contributed by atoms with E-state index in [4.69, 9.17) is 9.47 Å². The third kappa shape index (κ3) is 5.99. The Bertz CT molecular complexity index is 783. The fourth-order valence-corrected chi connectivity index (χ4v) is 3.97. The zero-order valence-corrected chi connectivity index (χ0v) is 18.2. The van der Waals surface area contributed by atoms with Crippen LogP contribution < -0.4 is 14.8 Å². The number of benzene rings is 2. The van der Waals surface area contributed by atoms with Gasteiger partial charge in [0.05, 0.1) is 25.3 Å². The maximum Gasteiger partial charge on any atom is 0.255 e. The molecule has 2 aromatic rings. The highest BCUT2D eigenvalue weighted by Crippen LogP contribution is 2.26. The van der Waals surface area contributed by atoms with Crippen LogP contribution in [0.15, 0.2) is 48.5 Å². The highest BCUT2D eigenvalue weighted by molar-refractivity contribution is 5.96. The Morgan fingerprint density at radius 2 is 1.73 bits per heavy atom. The zero-order valence-electron chi connectivity index (χ0n) is 18.2. The molecule has 5 heteroatoms. The van der Waals surface area contributed by atoms with E-state index >= 15 is 0 Å². The Kier molecular flexibility index (Phi) is 8.57. The number of likely N-dealkylation sites (tertiary alicyclic amines) is 1. The molecule has 1 fully saturated rings. The Hall–Kier alpha value is -2.53. The highest BCUT2D eigenvalue weighted by Gasteiger charge is 2.23. The molecule has 0 unspecified atom stereocenters. The van der Waals surface area contributed by atoms with Crippen molar-refractivity contribution in [3.05, 3.63) is 59.7 Å². The molecule has 0 aromatic heterocycles. The number of rotatable bonds is 9. The Balaban J connectivity index is 1.75. The van der Waals surface area contributed by atoms with Crippen LogP contribution in [0, 0.1) is 0 Å². The second kappa shape index (κ2) is 11.6. The van der Waals surface area contributed by atoms with Gasteiger partial charge in [0.15, 0.2) is 0 Å². The summed E-state index contributed by atoms with van der Waals surface area (Å²) in [5, 5.41) is 3.17. The summed E-state index contributed by atoms with van der Waals surface area (Å²) < 4.78 is 11.1. The highest BCUT2D eigenvalue weighted by atomic mass is 16.5. The summed E-state index contributed by atoms with van der Waals surface area (Å²) in [6, 6.07) is 15.8. The molecule has 2 aromatic carbocycles. The van der Waals surface area contributed by atoms with Crippen molar-refractivity contribution in [3.63, 3.8) is 0 Å². The van der Waals surface area contributed by atoms with Gasteiger partial charge in [-0.05, 0) is 62.2 Å². The lowest BCUT2D eigenvalue weighted by atomic mass is 10.0. The van der Waals surface area contributed by atoms with Crippen LogP contribution in [0.25, 0.3) is 0 Å². The van der Waals surface area contributed by atoms with Crippen molar-refractivity contribution in [1.82, 2.24) is 10.2 Å². The molecule has 0 radical (unpaired) electrons. The second-order valence-corrected chi connectivity index (χ2v) is 7.79. The van der Waals surface area contributed by atoms with Crippen LogP contribution in [0.2, 0.25) is 0 Å². The number of carbonyl (C=O) groups excluding carboxylic acids is 1. The topological polar surface area (TPSA) is 50.8 Å². The van der Waals surface area contributed by atoms with E-state index in [0.717, 1.165) is 25.3 Å². The quantitative estimate of drug-likeness (QED) is 0.643. The molecule has 0 bridgehead atoms. The summed E-state index contributed by atoms with van der Waals surface area (Å²) in [4.78, 5) is 15.5. The van der Waals surface area contributed by atoms with Gasteiger partial charge in [-0.25, -0.2) is 0 Å². The molecule has 1 amide bonds. The van der Waals surface area contributed by atoms with Gasteiger partial charge in [0, 0.05) is 6.54 Å². The average molecular weight is 411 g/mol. The van der Waals surface area contributed by atoms with E-state index in [9.17, 15) is 4.79 Å². The van der Waals surface area contributed by atoms with E-state index in [-0.39, 0.29) is 11.9 Å². The van der Waals surface area contributed by atoms with E-state index in [1.54, 1.807) is 7.11 Å². The predicted molar refractivity (Wildman–Crippen MR) is 120 cm³/mol. The van der Waals surface area contributed by atoms with E-state index in [2.05, 4.69) is 29.3 Å². The van der Waals surface area contributed by atoms with Crippen molar-refractivity contribution in [2.24, 2.45) is 0 Å². The van der Waals surface area contributed by atoms with Gasteiger partial charge in [-0.3, -0.25) is 9.69 Å². The van der Waals surface area contributed by atoms with Gasteiger partial charge in [-0.15, -0.1) is 0 Å². The first kappa shape index (κ1) is 22.2. The largest absolute Gasteiger partial charge is 0.497 e. The van der Waals surface area contributed by atoms with E-state index in [0.29, 0.717) is 24.5 Å². The van der Waals surface area contributed by atoms with Crippen LogP contribution in [0.4, 0.5) is 0 Å². The van der Waals surface area contributed by atoms with Gasteiger partial charge in [-0.2, -0.15) is 0 Å². The molecule has 1 saturated heterocycles. The van der Waals surface area contributed by atoms with Crippen molar-refractivity contribution in [3.8, 4) is 11.5 Å². The molecular weight excluding hydrogens is 376 g/mol. The summed E-state index contributed by atoms with van der Waals surface area (Å²) in [5.41, 5.74) is 1.80. The molecule has 162 valence electrons. The number of methoxy groups -OCH3 is 1. The lowest BCUT2D eigenvalue weighted by Crippen LogP contribution is -2.38. The normalized spacial score (nSPS) is 15.8. The summed E-state index contributed by atoms with van der Waals surface area (Å²) >= 11 is 0. The van der Waals surface area contributed by atoms with Crippen molar-refractivity contribution >= 4 is 5.91 Å². The monoisotopic (exact) mass is 410 g/mol. The molecule has 0 saturated carbocycles. The molecule has 0 spiro atoms. The molecule has 1 heterocycles. The number of nitrogens with one attached hydrogen (secondary N) is 1. The minimum Gasteiger partial charge on any atom is -0.497 e. The van der Waals surface area contributed by atoms with E-state index < -0.39 is 0 Å². The number of para-hydroxylation sites is 1. The average Bonchev–Trinajstić information content (AvgIpc) is 3.08. The molecule has 0 aliphatic carbocycles. The van der Waals surface area contributed by atoms with Gasteiger partial charge in [0.1, 0.15) is 11.5 Å². The molecule has 1 atom stereocenters. The molecule has 5 nitrogen and oxygen atoms in total. The second-order valence-electron chi connectivity index (χ2n) is 7.79.